The Hall–Kier alpha value is -1.48. The van der Waals surface area contributed by atoms with Gasteiger partial charge in [-0.25, -0.2) is 0 Å². The highest BCUT2D eigenvalue weighted by atomic mass is 16.5. The molecule has 0 saturated heterocycles. The summed E-state index contributed by atoms with van der Waals surface area (Å²) in [5, 5.41) is 46.2. The molecule has 4 aliphatic carbocycles. The van der Waals surface area contributed by atoms with Gasteiger partial charge in [0.2, 0.25) is 0 Å². The Morgan fingerprint density at radius 2 is 1.42 bits per heavy atom. The van der Waals surface area contributed by atoms with E-state index in [-0.39, 0.29) is 53.2 Å². The Labute approximate surface area is 258 Å². The fourth-order valence-electron chi connectivity index (χ4n) is 11.1. The number of hydrogen-bond donors (Lipinski definition) is 4. The molecule has 0 spiro atoms. The highest BCUT2D eigenvalue weighted by molar-refractivity contribution is 5.66. The van der Waals surface area contributed by atoms with Crippen LogP contribution in [0.15, 0.2) is 12.7 Å². The second-order valence-electron chi connectivity index (χ2n) is 16.6. The van der Waals surface area contributed by atoms with Gasteiger partial charge < -0.3 is 29.9 Å². The molecule has 246 valence electrons. The Morgan fingerprint density at radius 1 is 0.814 bits per heavy atom. The zero-order valence-corrected chi connectivity index (χ0v) is 27.8. The molecule has 4 fully saturated rings. The molecule has 4 saturated carbocycles. The minimum Gasteiger partial charge on any atom is -0.465 e. The second-order valence-corrected chi connectivity index (χ2v) is 16.6. The molecule has 0 aromatic carbocycles. The van der Waals surface area contributed by atoms with Crippen LogP contribution >= 0.6 is 0 Å². The lowest BCUT2D eigenvalue weighted by Gasteiger charge is -2.70. The van der Waals surface area contributed by atoms with E-state index in [0.717, 1.165) is 32.1 Å². The molecule has 0 aliphatic heterocycles. The summed E-state index contributed by atoms with van der Waals surface area (Å²) in [6.07, 6.45) is 3.88. The van der Waals surface area contributed by atoms with Crippen LogP contribution < -0.4 is 0 Å². The van der Waals surface area contributed by atoms with Crippen molar-refractivity contribution in [3.63, 3.8) is 0 Å². The third-order valence-electron chi connectivity index (χ3n) is 13.9. The van der Waals surface area contributed by atoms with Crippen molar-refractivity contribution in [1.82, 2.24) is 0 Å². The van der Waals surface area contributed by atoms with Crippen LogP contribution in [-0.4, -0.2) is 70.0 Å². The smallest absolute Gasteiger partial charge is 0.302 e. The summed E-state index contributed by atoms with van der Waals surface area (Å²) in [7, 11) is 0. The van der Waals surface area contributed by atoms with Gasteiger partial charge in [0.05, 0.1) is 36.4 Å². The predicted octanol–water partition coefficient (Wildman–Crippen LogP) is 4.80. The molecule has 0 amide bonds. The van der Waals surface area contributed by atoms with Crippen LogP contribution in [0.5, 0.6) is 0 Å². The number of fused-ring (bicyclic) bond motifs is 2. The first-order valence-corrected chi connectivity index (χ1v) is 16.3. The van der Waals surface area contributed by atoms with Gasteiger partial charge in [-0.05, 0) is 90.8 Å². The maximum absolute atomic E-state index is 12.1. The minimum absolute atomic E-state index is 0.127. The molecule has 8 nitrogen and oxygen atoms in total. The fourth-order valence-corrected chi connectivity index (χ4v) is 11.1. The van der Waals surface area contributed by atoms with E-state index in [0.29, 0.717) is 19.3 Å². The van der Waals surface area contributed by atoms with Crippen molar-refractivity contribution in [1.29, 1.82) is 0 Å². The maximum Gasteiger partial charge on any atom is 0.302 e. The largest absolute Gasteiger partial charge is 0.465 e. The molecule has 0 aromatic heterocycles. The van der Waals surface area contributed by atoms with E-state index in [2.05, 4.69) is 34.3 Å². The quantitative estimate of drug-likeness (QED) is 0.240. The van der Waals surface area contributed by atoms with Crippen LogP contribution in [0.25, 0.3) is 0 Å². The van der Waals surface area contributed by atoms with Gasteiger partial charge in [0, 0.05) is 19.3 Å². The molecular formula is C35H58O8. The standard InChI is InChI=1S/C35H58O8/c1-10-11-25-32(7)14-13-26(38)33(8,19-42-21(2)36)24(32)12-15-34(25,9)31(6)17-23-16-30(4,5)28(40)29(41)35(23,27(39)18-31)20-43-22(3)37/h10,23-29,38-41H,1,11-20H2,2-9H3/t23?,24?,25?,26-,27+,28-,29-,31-,32-,33+,34+,35-/m0/s1. The molecule has 43 heavy (non-hydrogen) atoms. The summed E-state index contributed by atoms with van der Waals surface area (Å²) in [5.74, 6) is -0.672. The third-order valence-corrected chi connectivity index (χ3v) is 13.9. The Balaban J connectivity index is 1.77. The fraction of sp³-hybridized carbons (Fsp3) is 0.886. The molecule has 8 heteroatoms. The van der Waals surface area contributed by atoms with Crippen LogP contribution in [0.1, 0.15) is 107 Å². The number of aliphatic hydroxyl groups excluding tert-OH is 4. The van der Waals surface area contributed by atoms with Crippen LogP contribution in [0.3, 0.4) is 0 Å². The molecule has 12 atom stereocenters. The number of aliphatic hydroxyl groups is 4. The number of carbonyl (C=O) groups is 2. The van der Waals surface area contributed by atoms with E-state index in [1.807, 2.05) is 19.9 Å². The summed E-state index contributed by atoms with van der Waals surface area (Å²) < 4.78 is 11.1. The van der Waals surface area contributed by atoms with Crippen molar-refractivity contribution < 1.29 is 39.5 Å². The normalized spacial score (nSPS) is 49.3. The van der Waals surface area contributed by atoms with Crippen molar-refractivity contribution in [2.24, 2.45) is 50.2 Å². The van der Waals surface area contributed by atoms with Gasteiger partial charge in [-0.3, -0.25) is 9.59 Å². The summed E-state index contributed by atoms with van der Waals surface area (Å²) >= 11 is 0. The lowest BCUT2D eigenvalue weighted by Crippen LogP contribution is -2.70. The van der Waals surface area contributed by atoms with Gasteiger partial charge in [-0.15, -0.1) is 6.58 Å². The van der Waals surface area contributed by atoms with Crippen molar-refractivity contribution in [3.05, 3.63) is 12.7 Å². The van der Waals surface area contributed by atoms with Gasteiger partial charge in [-0.2, -0.15) is 0 Å². The van der Waals surface area contributed by atoms with Crippen LogP contribution in [0.2, 0.25) is 0 Å². The molecule has 3 unspecified atom stereocenters. The Bertz CT molecular complexity index is 1090. The summed E-state index contributed by atoms with van der Waals surface area (Å²) in [4.78, 5) is 23.8. The average molecular weight is 607 g/mol. The summed E-state index contributed by atoms with van der Waals surface area (Å²) in [5.41, 5.74) is -3.03. The lowest BCUT2D eigenvalue weighted by molar-refractivity contribution is -0.277. The second kappa shape index (κ2) is 11.4. The molecular weight excluding hydrogens is 548 g/mol. The first-order chi connectivity index (χ1) is 19.7. The zero-order chi connectivity index (χ0) is 32.4. The average Bonchev–Trinajstić information content (AvgIpc) is 2.90. The lowest BCUT2D eigenvalue weighted by atomic mass is 9.35. The maximum atomic E-state index is 12.1. The van der Waals surface area contributed by atoms with Gasteiger partial charge in [0.1, 0.15) is 6.61 Å². The molecule has 4 rings (SSSR count). The van der Waals surface area contributed by atoms with Crippen LogP contribution in [0, 0.1) is 50.2 Å². The van der Waals surface area contributed by atoms with E-state index >= 15 is 0 Å². The summed E-state index contributed by atoms with van der Waals surface area (Å²) in [6.45, 7) is 19.9. The highest BCUT2D eigenvalue weighted by Crippen LogP contribution is 2.72. The Kier molecular flexibility index (Phi) is 9.12. The monoisotopic (exact) mass is 606 g/mol. The molecule has 0 heterocycles. The van der Waals surface area contributed by atoms with Crippen molar-refractivity contribution in [2.75, 3.05) is 13.2 Å². The van der Waals surface area contributed by atoms with E-state index in [1.165, 1.54) is 13.8 Å². The minimum atomic E-state index is -1.23. The molecule has 0 radical (unpaired) electrons. The summed E-state index contributed by atoms with van der Waals surface area (Å²) in [6, 6.07) is 0. The van der Waals surface area contributed by atoms with Gasteiger partial charge >= 0.3 is 11.9 Å². The molecule has 0 bridgehead atoms. The number of esters is 2. The highest BCUT2D eigenvalue weighted by Gasteiger charge is 2.70. The van der Waals surface area contributed by atoms with Gasteiger partial charge in [0.15, 0.2) is 0 Å². The topological polar surface area (TPSA) is 134 Å². The van der Waals surface area contributed by atoms with Crippen LogP contribution in [0.4, 0.5) is 0 Å². The number of allylic oxidation sites excluding steroid dienone is 1. The van der Waals surface area contributed by atoms with Crippen molar-refractivity contribution in [3.8, 4) is 0 Å². The molecule has 4 aliphatic rings. The number of rotatable bonds is 7. The van der Waals surface area contributed by atoms with Crippen LogP contribution in [-0.2, 0) is 19.1 Å². The number of carbonyl (C=O) groups excluding carboxylic acids is 2. The van der Waals surface area contributed by atoms with Crippen molar-refractivity contribution in [2.45, 2.75) is 131 Å². The van der Waals surface area contributed by atoms with E-state index in [9.17, 15) is 30.0 Å². The number of hydrogen-bond acceptors (Lipinski definition) is 8. The SMILES string of the molecule is C=CCC1[C@@]2(C)CC[C@H](O)[C@](C)(COC(C)=O)C2CC[C@@]1(C)[C@@]1(C)CC2CC(C)(C)[C@@H](O)[C@H](O)[C@]2(COC(C)=O)[C@H](O)C1. The third kappa shape index (κ3) is 5.20. The predicted molar refractivity (Wildman–Crippen MR) is 164 cm³/mol. The van der Waals surface area contributed by atoms with E-state index in [1.54, 1.807) is 0 Å². The van der Waals surface area contributed by atoms with Gasteiger partial charge in [-0.1, -0.05) is 47.6 Å². The molecule has 0 aromatic rings. The Morgan fingerprint density at radius 3 is 2.00 bits per heavy atom. The van der Waals surface area contributed by atoms with E-state index < -0.39 is 46.6 Å². The number of ether oxygens (including phenoxy) is 2. The van der Waals surface area contributed by atoms with Crippen molar-refractivity contribution >= 4 is 11.9 Å². The van der Waals surface area contributed by atoms with E-state index in [4.69, 9.17) is 9.47 Å². The molecule has 4 N–H and O–H groups in total. The van der Waals surface area contributed by atoms with Gasteiger partial charge in [0.25, 0.3) is 0 Å². The first kappa shape index (κ1) is 34.4. The zero-order valence-electron chi connectivity index (χ0n) is 27.8. The first-order valence-electron chi connectivity index (χ1n) is 16.3.